The second-order valence-corrected chi connectivity index (χ2v) is 6.14. The van der Waals surface area contributed by atoms with Gasteiger partial charge >= 0.3 is 6.61 Å². The number of carbonyl (C=O) groups is 1. The number of halogens is 2. The van der Waals surface area contributed by atoms with Crippen molar-refractivity contribution in [2.24, 2.45) is 0 Å². The Morgan fingerprint density at radius 1 is 1.18 bits per heavy atom. The molecule has 1 heterocycles. The normalized spacial score (nSPS) is 16.7. The summed E-state index contributed by atoms with van der Waals surface area (Å²) < 4.78 is 45.6. The first-order valence-corrected chi connectivity index (χ1v) is 8.78. The lowest BCUT2D eigenvalue weighted by atomic mass is 10.1. The number of amides is 1. The van der Waals surface area contributed by atoms with E-state index in [0.29, 0.717) is 25.4 Å². The predicted molar refractivity (Wildman–Crippen MR) is 97.2 cm³/mol. The molecule has 150 valence electrons. The molecule has 2 aromatic carbocycles. The Morgan fingerprint density at radius 3 is 2.64 bits per heavy atom. The van der Waals surface area contributed by atoms with Crippen LogP contribution in [0, 0.1) is 0 Å². The molecular weight excluding hydrogens is 372 g/mol. The molecule has 0 N–H and O–H groups in total. The maximum atomic E-state index is 12.7. The largest absolute Gasteiger partial charge is 0.497 e. The smallest absolute Gasteiger partial charge is 0.387 e. The Labute approximate surface area is 161 Å². The molecule has 1 atom stereocenters. The number of alkyl halides is 2. The number of hydrogen-bond acceptors (Lipinski definition) is 5. The summed E-state index contributed by atoms with van der Waals surface area (Å²) in [6.07, 6.45) is -0.291. The summed E-state index contributed by atoms with van der Waals surface area (Å²) in [5.74, 6) is 1.09. The first-order valence-electron chi connectivity index (χ1n) is 8.78. The number of hydrogen-bond donors (Lipinski definition) is 0. The fourth-order valence-corrected chi connectivity index (χ4v) is 2.85. The van der Waals surface area contributed by atoms with Crippen molar-refractivity contribution in [1.29, 1.82) is 0 Å². The first-order chi connectivity index (χ1) is 13.5. The molecule has 0 spiro atoms. The summed E-state index contributed by atoms with van der Waals surface area (Å²) >= 11 is 0. The van der Waals surface area contributed by atoms with Gasteiger partial charge in [0.1, 0.15) is 30.0 Å². The zero-order valence-corrected chi connectivity index (χ0v) is 15.3. The van der Waals surface area contributed by atoms with Crippen LogP contribution in [0.2, 0.25) is 0 Å². The topological polar surface area (TPSA) is 57.2 Å². The number of morpholine rings is 1. The van der Waals surface area contributed by atoms with Gasteiger partial charge in [-0.05, 0) is 42.5 Å². The molecule has 0 unspecified atom stereocenters. The number of benzene rings is 2. The van der Waals surface area contributed by atoms with E-state index in [1.807, 2.05) is 0 Å². The fraction of sp³-hybridized carbons (Fsp3) is 0.350. The molecule has 2 aromatic rings. The summed E-state index contributed by atoms with van der Waals surface area (Å²) in [5.41, 5.74) is 0.287. The molecule has 1 aliphatic heterocycles. The molecule has 0 bridgehead atoms. The lowest BCUT2D eigenvalue weighted by molar-refractivity contribution is -0.0500. The fourth-order valence-electron chi connectivity index (χ4n) is 2.85. The minimum absolute atomic E-state index is 0.0477. The number of carbonyl (C=O) groups excluding carboxylic acids is 1. The van der Waals surface area contributed by atoms with Gasteiger partial charge in [-0.2, -0.15) is 8.78 Å². The molecule has 0 aromatic heterocycles. The summed E-state index contributed by atoms with van der Waals surface area (Å²) in [6, 6.07) is 12.9. The molecule has 1 saturated heterocycles. The minimum atomic E-state index is -2.94. The third-order valence-electron chi connectivity index (χ3n) is 4.23. The third-order valence-corrected chi connectivity index (χ3v) is 4.23. The molecule has 0 radical (unpaired) electrons. The molecule has 1 fully saturated rings. The van der Waals surface area contributed by atoms with Gasteiger partial charge in [-0.25, -0.2) is 0 Å². The highest BCUT2D eigenvalue weighted by Gasteiger charge is 2.26. The third kappa shape index (κ3) is 5.32. The summed E-state index contributed by atoms with van der Waals surface area (Å²) in [6.45, 7) is -1.53. The molecule has 0 aliphatic carbocycles. The minimum Gasteiger partial charge on any atom is -0.497 e. The maximum absolute atomic E-state index is 12.7. The van der Waals surface area contributed by atoms with E-state index < -0.39 is 6.61 Å². The van der Waals surface area contributed by atoms with Crippen LogP contribution in [0.25, 0.3) is 0 Å². The second-order valence-electron chi connectivity index (χ2n) is 6.14. The zero-order valence-electron chi connectivity index (χ0n) is 15.3. The Hall–Kier alpha value is -2.87. The van der Waals surface area contributed by atoms with E-state index in [0.717, 1.165) is 5.75 Å². The molecule has 1 amide bonds. The van der Waals surface area contributed by atoms with Crippen LogP contribution < -0.4 is 14.2 Å². The van der Waals surface area contributed by atoms with Gasteiger partial charge in [-0.1, -0.05) is 6.07 Å². The Bertz CT molecular complexity index is 784. The van der Waals surface area contributed by atoms with Crippen molar-refractivity contribution in [2.45, 2.75) is 12.7 Å². The maximum Gasteiger partial charge on any atom is 0.387 e. The standard InChI is InChI=1S/C20H21F2NO5/c1-25-15-5-7-16(8-6-15)27-13-18-12-23(9-10-26-18)19(24)14-3-2-4-17(11-14)28-20(21)22/h2-8,11,18,20H,9-10,12-13H2,1H3/t18-/m0/s1. The van der Waals surface area contributed by atoms with Crippen molar-refractivity contribution in [3.05, 3.63) is 54.1 Å². The van der Waals surface area contributed by atoms with Crippen molar-refractivity contribution >= 4 is 5.91 Å². The Balaban J connectivity index is 1.57. The molecule has 28 heavy (non-hydrogen) atoms. The quantitative estimate of drug-likeness (QED) is 0.723. The van der Waals surface area contributed by atoms with Crippen LogP contribution >= 0.6 is 0 Å². The molecular formula is C20H21F2NO5. The van der Waals surface area contributed by atoms with Gasteiger partial charge in [0.25, 0.3) is 5.91 Å². The van der Waals surface area contributed by atoms with Crippen LogP contribution in [0.3, 0.4) is 0 Å². The Morgan fingerprint density at radius 2 is 1.93 bits per heavy atom. The van der Waals surface area contributed by atoms with Crippen molar-refractivity contribution in [1.82, 2.24) is 4.90 Å². The SMILES string of the molecule is COc1ccc(OC[C@@H]2CN(C(=O)c3cccc(OC(F)F)c3)CCO2)cc1. The van der Waals surface area contributed by atoms with Crippen molar-refractivity contribution in [3.63, 3.8) is 0 Å². The highest BCUT2D eigenvalue weighted by Crippen LogP contribution is 2.20. The average molecular weight is 393 g/mol. The van der Waals surface area contributed by atoms with Gasteiger partial charge < -0.3 is 23.8 Å². The van der Waals surface area contributed by atoms with Crippen LogP contribution in [-0.4, -0.2) is 56.9 Å². The van der Waals surface area contributed by atoms with E-state index in [1.165, 1.54) is 18.2 Å². The highest BCUT2D eigenvalue weighted by molar-refractivity contribution is 5.94. The zero-order chi connectivity index (χ0) is 19.9. The Kier molecular flexibility index (Phi) is 6.65. The van der Waals surface area contributed by atoms with Gasteiger partial charge in [0, 0.05) is 12.1 Å². The molecule has 3 rings (SSSR count). The number of rotatable bonds is 7. The lowest BCUT2D eigenvalue weighted by Crippen LogP contribution is -2.47. The molecule has 6 nitrogen and oxygen atoms in total. The highest BCUT2D eigenvalue weighted by atomic mass is 19.3. The summed E-state index contributed by atoms with van der Waals surface area (Å²) in [7, 11) is 1.59. The van der Waals surface area contributed by atoms with E-state index in [-0.39, 0.29) is 29.9 Å². The molecule has 8 heteroatoms. The van der Waals surface area contributed by atoms with Crippen molar-refractivity contribution < 1.29 is 32.5 Å². The summed E-state index contributed by atoms with van der Waals surface area (Å²) in [5, 5.41) is 0. The van der Waals surface area contributed by atoms with E-state index in [4.69, 9.17) is 14.2 Å². The van der Waals surface area contributed by atoms with E-state index in [9.17, 15) is 13.6 Å². The summed E-state index contributed by atoms with van der Waals surface area (Å²) in [4.78, 5) is 14.3. The number of nitrogens with zero attached hydrogens (tertiary/aromatic N) is 1. The van der Waals surface area contributed by atoms with Gasteiger partial charge in [0.15, 0.2) is 0 Å². The van der Waals surface area contributed by atoms with Crippen LogP contribution in [0.1, 0.15) is 10.4 Å². The van der Waals surface area contributed by atoms with Crippen LogP contribution in [0.4, 0.5) is 8.78 Å². The molecule has 0 saturated carbocycles. The van der Waals surface area contributed by atoms with Crippen molar-refractivity contribution in [2.75, 3.05) is 33.4 Å². The van der Waals surface area contributed by atoms with Crippen LogP contribution in [0.5, 0.6) is 17.2 Å². The van der Waals surface area contributed by atoms with Crippen molar-refractivity contribution in [3.8, 4) is 17.2 Å². The van der Waals surface area contributed by atoms with Gasteiger partial charge in [-0.15, -0.1) is 0 Å². The molecule has 1 aliphatic rings. The van der Waals surface area contributed by atoms with Crippen LogP contribution in [-0.2, 0) is 4.74 Å². The van der Waals surface area contributed by atoms with Gasteiger partial charge in [-0.3, -0.25) is 4.79 Å². The number of methoxy groups -OCH3 is 1. The number of ether oxygens (including phenoxy) is 4. The van der Waals surface area contributed by atoms with Gasteiger partial charge in [0.05, 0.1) is 20.3 Å². The average Bonchev–Trinajstić information content (AvgIpc) is 2.72. The lowest BCUT2D eigenvalue weighted by Gasteiger charge is -2.33. The van der Waals surface area contributed by atoms with Gasteiger partial charge in [0.2, 0.25) is 0 Å². The predicted octanol–water partition coefficient (Wildman–Crippen LogP) is 3.22. The second kappa shape index (κ2) is 9.36. The van der Waals surface area contributed by atoms with E-state index in [1.54, 1.807) is 42.3 Å². The van der Waals surface area contributed by atoms with E-state index in [2.05, 4.69) is 4.74 Å². The monoisotopic (exact) mass is 393 g/mol. The van der Waals surface area contributed by atoms with Crippen LogP contribution in [0.15, 0.2) is 48.5 Å². The van der Waals surface area contributed by atoms with E-state index >= 15 is 0 Å². The first kappa shape index (κ1) is 19.9.